The van der Waals surface area contributed by atoms with Crippen molar-refractivity contribution in [2.24, 2.45) is 0 Å². The quantitative estimate of drug-likeness (QED) is 0.782. The van der Waals surface area contributed by atoms with Crippen LogP contribution < -0.4 is 5.32 Å². The van der Waals surface area contributed by atoms with Gasteiger partial charge in [-0.3, -0.25) is 4.79 Å². The Morgan fingerprint density at radius 3 is 2.21 bits per heavy atom. The van der Waals surface area contributed by atoms with Crippen molar-refractivity contribution in [3.63, 3.8) is 0 Å². The topological polar surface area (TPSA) is 29.1 Å². The summed E-state index contributed by atoms with van der Waals surface area (Å²) in [5, 5.41) is 2.98. The summed E-state index contributed by atoms with van der Waals surface area (Å²) >= 11 is 2.22. The van der Waals surface area contributed by atoms with Crippen molar-refractivity contribution in [2.75, 3.05) is 5.32 Å². The summed E-state index contributed by atoms with van der Waals surface area (Å²) in [7, 11) is 0. The highest BCUT2D eigenvalue weighted by Gasteiger charge is 2.13. The number of rotatable bonds is 2. The fourth-order valence-electron chi connectivity index (χ4n) is 2.29. The molecule has 0 heterocycles. The average molecular weight is 365 g/mol. The van der Waals surface area contributed by atoms with E-state index in [1.807, 2.05) is 57.2 Å². The van der Waals surface area contributed by atoms with E-state index in [0.29, 0.717) is 0 Å². The van der Waals surface area contributed by atoms with Crippen LogP contribution >= 0.6 is 22.6 Å². The van der Waals surface area contributed by atoms with E-state index in [-0.39, 0.29) is 5.91 Å². The van der Waals surface area contributed by atoms with Gasteiger partial charge in [0.2, 0.25) is 0 Å². The van der Waals surface area contributed by atoms with Crippen LogP contribution in [0.5, 0.6) is 0 Å². The van der Waals surface area contributed by atoms with Crippen LogP contribution in [0.1, 0.15) is 27.0 Å². The first-order valence-electron chi connectivity index (χ1n) is 6.13. The number of nitrogens with one attached hydrogen (secondary N) is 1. The molecule has 0 bridgehead atoms. The summed E-state index contributed by atoms with van der Waals surface area (Å²) in [5.41, 5.74) is 4.83. The van der Waals surface area contributed by atoms with Crippen molar-refractivity contribution >= 4 is 34.2 Å². The van der Waals surface area contributed by atoms with Gasteiger partial charge >= 0.3 is 0 Å². The molecule has 0 saturated heterocycles. The number of carbonyl (C=O) groups is 1. The molecule has 3 heteroatoms. The molecule has 1 amide bonds. The van der Waals surface area contributed by atoms with Crippen LogP contribution in [0.4, 0.5) is 5.69 Å². The van der Waals surface area contributed by atoms with Gasteiger partial charge < -0.3 is 5.32 Å². The average Bonchev–Trinajstić information content (AvgIpc) is 2.30. The number of benzene rings is 2. The third kappa shape index (κ3) is 3.15. The number of hydrogen-bond acceptors (Lipinski definition) is 1. The van der Waals surface area contributed by atoms with Gasteiger partial charge in [0.15, 0.2) is 0 Å². The van der Waals surface area contributed by atoms with Gasteiger partial charge in [0, 0.05) is 9.13 Å². The Morgan fingerprint density at radius 2 is 1.63 bits per heavy atom. The van der Waals surface area contributed by atoms with Crippen LogP contribution in [0.25, 0.3) is 0 Å². The minimum Gasteiger partial charge on any atom is -0.321 e. The molecule has 0 aliphatic heterocycles. The number of amides is 1. The molecule has 0 unspecified atom stereocenters. The van der Waals surface area contributed by atoms with Crippen LogP contribution in [-0.4, -0.2) is 5.91 Å². The Bertz CT molecular complexity index is 611. The number of aryl methyl sites for hydroxylation is 3. The molecule has 2 aromatic carbocycles. The molecule has 1 N–H and O–H groups in total. The lowest BCUT2D eigenvalue weighted by atomic mass is 9.99. The molecular formula is C16H16INO. The highest BCUT2D eigenvalue weighted by molar-refractivity contribution is 14.1. The summed E-state index contributed by atoms with van der Waals surface area (Å²) in [6.07, 6.45) is 0. The predicted molar refractivity (Wildman–Crippen MR) is 87.8 cm³/mol. The number of para-hydroxylation sites is 1. The summed E-state index contributed by atoms with van der Waals surface area (Å²) in [6, 6.07) is 11.9. The number of hydrogen-bond donors (Lipinski definition) is 1. The zero-order valence-electron chi connectivity index (χ0n) is 11.3. The lowest BCUT2D eigenvalue weighted by molar-refractivity contribution is 0.102. The Balaban J connectivity index is 2.34. The van der Waals surface area contributed by atoms with E-state index in [9.17, 15) is 4.79 Å². The molecule has 0 aliphatic rings. The lowest BCUT2D eigenvalue weighted by Gasteiger charge is -2.12. The predicted octanol–water partition coefficient (Wildman–Crippen LogP) is 4.47. The largest absolute Gasteiger partial charge is 0.321 e. The van der Waals surface area contributed by atoms with Crippen molar-refractivity contribution in [2.45, 2.75) is 20.8 Å². The first-order valence-corrected chi connectivity index (χ1v) is 7.20. The molecule has 19 heavy (non-hydrogen) atoms. The maximum absolute atomic E-state index is 12.4. The molecule has 0 aromatic heterocycles. The minimum atomic E-state index is -0.0425. The van der Waals surface area contributed by atoms with Gasteiger partial charge in [-0.05, 0) is 66.6 Å². The van der Waals surface area contributed by atoms with Crippen LogP contribution in [-0.2, 0) is 0 Å². The van der Waals surface area contributed by atoms with Gasteiger partial charge in [-0.15, -0.1) is 0 Å². The van der Waals surface area contributed by atoms with E-state index in [1.165, 1.54) is 5.56 Å². The first kappa shape index (κ1) is 14.1. The smallest absolute Gasteiger partial charge is 0.256 e. The number of carbonyl (C=O) groups excluding carboxylic acids is 1. The van der Waals surface area contributed by atoms with Gasteiger partial charge in [-0.25, -0.2) is 0 Å². The van der Waals surface area contributed by atoms with Crippen LogP contribution in [0.2, 0.25) is 0 Å². The maximum Gasteiger partial charge on any atom is 0.256 e. The molecule has 98 valence electrons. The second-order valence-electron chi connectivity index (χ2n) is 4.71. The van der Waals surface area contributed by atoms with Gasteiger partial charge in [0.05, 0.1) is 5.69 Å². The van der Waals surface area contributed by atoms with Gasteiger partial charge in [-0.2, -0.15) is 0 Å². The van der Waals surface area contributed by atoms with Crippen molar-refractivity contribution in [3.8, 4) is 0 Å². The molecule has 0 aliphatic carbocycles. The van der Waals surface area contributed by atoms with Crippen molar-refractivity contribution in [1.82, 2.24) is 0 Å². The Labute approximate surface area is 127 Å². The molecule has 0 radical (unpaired) electrons. The highest BCUT2D eigenvalue weighted by Crippen LogP contribution is 2.21. The Morgan fingerprint density at radius 1 is 1.05 bits per heavy atom. The molecule has 0 fully saturated rings. The maximum atomic E-state index is 12.4. The van der Waals surface area contributed by atoms with Crippen LogP contribution in [0.3, 0.4) is 0 Å². The van der Waals surface area contributed by atoms with Gasteiger partial charge in [0.1, 0.15) is 0 Å². The van der Waals surface area contributed by atoms with E-state index in [4.69, 9.17) is 0 Å². The van der Waals surface area contributed by atoms with E-state index < -0.39 is 0 Å². The summed E-state index contributed by atoms with van der Waals surface area (Å²) in [4.78, 5) is 12.4. The van der Waals surface area contributed by atoms with Crippen LogP contribution in [0.15, 0.2) is 36.4 Å². The third-order valence-electron chi connectivity index (χ3n) is 3.03. The van der Waals surface area contributed by atoms with Crippen molar-refractivity contribution in [1.29, 1.82) is 0 Å². The fourth-order valence-corrected chi connectivity index (χ4v) is 2.81. The number of halogens is 1. The van der Waals surface area contributed by atoms with Gasteiger partial charge in [0.25, 0.3) is 5.91 Å². The second kappa shape index (κ2) is 5.74. The highest BCUT2D eigenvalue weighted by atomic mass is 127. The molecule has 2 aromatic rings. The SMILES string of the molecule is Cc1cc(C)c(C(=O)Nc2ccccc2I)c(C)c1. The van der Waals surface area contributed by atoms with Crippen molar-refractivity contribution in [3.05, 3.63) is 62.2 Å². The fraction of sp³-hybridized carbons (Fsp3) is 0.188. The zero-order valence-corrected chi connectivity index (χ0v) is 13.4. The molecule has 0 atom stereocenters. The first-order chi connectivity index (χ1) is 8.99. The zero-order chi connectivity index (χ0) is 14.0. The van der Waals surface area contributed by atoms with E-state index in [0.717, 1.165) is 25.9 Å². The number of anilines is 1. The Kier molecular flexibility index (Phi) is 4.24. The van der Waals surface area contributed by atoms with Crippen molar-refractivity contribution < 1.29 is 4.79 Å². The van der Waals surface area contributed by atoms with Gasteiger partial charge in [-0.1, -0.05) is 29.8 Å². The summed E-state index contributed by atoms with van der Waals surface area (Å²) in [5.74, 6) is -0.0425. The molecular weight excluding hydrogens is 349 g/mol. The van der Waals surface area contributed by atoms with E-state index in [2.05, 4.69) is 27.9 Å². The summed E-state index contributed by atoms with van der Waals surface area (Å²) < 4.78 is 1.04. The van der Waals surface area contributed by atoms with E-state index >= 15 is 0 Å². The molecule has 0 saturated carbocycles. The normalized spacial score (nSPS) is 10.3. The third-order valence-corrected chi connectivity index (χ3v) is 3.97. The van der Waals surface area contributed by atoms with E-state index in [1.54, 1.807) is 0 Å². The van der Waals surface area contributed by atoms with Crippen LogP contribution in [0, 0.1) is 24.3 Å². The molecule has 2 nitrogen and oxygen atoms in total. The summed E-state index contributed by atoms with van der Waals surface area (Å²) in [6.45, 7) is 6.00. The standard InChI is InChI=1S/C16H16INO/c1-10-8-11(2)15(12(3)9-10)16(19)18-14-7-5-4-6-13(14)17/h4-9H,1-3H3,(H,18,19). The lowest BCUT2D eigenvalue weighted by Crippen LogP contribution is -2.15. The molecule has 2 rings (SSSR count). The Hall–Kier alpha value is -1.36. The monoisotopic (exact) mass is 365 g/mol. The minimum absolute atomic E-state index is 0.0425. The molecule has 0 spiro atoms. The second-order valence-corrected chi connectivity index (χ2v) is 5.87.